The fourth-order valence-corrected chi connectivity index (χ4v) is 3.69. The van der Waals surface area contributed by atoms with Gasteiger partial charge in [-0.15, -0.1) is 10.2 Å². The van der Waals surface area contributed by atoms with Crippen molar-refractivity contribution < 1.29 is 9.53 Å². The highest BCUT2D eigenvalue weighted by Gasteiger charge is 2.24. The van der Waals surface area contributed by atoms with Crippen LogP contribution in [0.5, 0.6) is 5.75 Å². The number of amides is 1. The van der Waals surface area contributed by atoms with E-state index in [4.69, 9.17) is 16.3 Å². The minimum atomic E-state index is 0.166. The highest BCUT2D eigenvalue weighted by Crippen LogP contribution is 2.21. The van der Waals surface area contributed by atoms with Gasteiger partial charge in [0, 0.05) is 38.8 Å². The Kier molecular flexibility index (Phi) is 5.34. The maximum absolute atomic E-state index is 12.6. The maximum Gasteiger partial charge on any atom is 0.231 e. The Morgan fingerprint density at radius 3 is 2.68 bits per heavy atom. The van der Waals surface area contributed by atoms with E-state index in [1.807, 2.05) is 45.8 Å². The number of para-hydroxylation sites is 1. The molecule has 1 aromatic carbocycles. The number of methoxy groups -OCH3 is 1. The van der Waals surface area contributed by atoms with Crippen LogP contribution in [0.3, 0.4) is 0 Å². The van der Waals surface area contributed by atoms with Crippen LogP contribution in [0, 0.1) is 0 Å². The molecule has 1 aliphatic heterocycles. The molecule has 0 unspecified atom stereocenters. The molecule has 0 aliphatic carbocycles. The Bertz CT molecular complexity index is 982. The quantitative estimate of drug-likeness (QED) is 0.660. The molecule has 0 radical (unpaired) electrons. The molecule has 0 atom stereocenters. The van der Waals surface area contributed by atoms with Gasteiger partial charge in [0.15, 0.2) is 5.65 Å². The second-order valence-electron chi connectivity index (χ2n) is 6.76. The van der Waals surface area contributed by atoms with E-state index in [9.17, 15) is 4.79 Å². The van der Waals surface area contributed by atoms with Crippen molar-refractivity contribution in [2.45, 2.75) is 12.8 Å². The molecule has 3 heterocycles. The largest absolute Gasteiger partial charge is 0.496 e. The normalized spacial score (nSPS) is 14.5. The zero-order valence-corrected chi connectivity index (χ0v) is 16.5. The number of rotatable bonds is 5. The summed E-state index contributed by atoms with van der Waals surface area (Å²) in [4.78, 5) is 16.7. The van der Waals surface area contributed by atoms with Gasteiger partial charge in [0.05, 0.1) is 12.1 Å². The van der Waals surface area contributed by atoms with E-state index in [0.29, 0.717) is 44.0 Å². The fraction of sp³-hybridized carbons (Fsp3) is 0.350. The van der Waals surface area contributed by atoms with E-state index in [1.165, 1.54) is 0 Å². The minimum Gasteiger partial charge on any atom is -0.496 e. The molecule has 1 saturated heterocycles. The molecule has 1 aliphatic rings. The van der Waals surface area contributed by atoms with E-state index >= 15 is 0 Å². The highest BCUT2D eigenvalue weighted by molar-refractivity contribution is 6.30. The third kappa shape index (κ3) is 3.75. The molecule has 0 N–H and O–H groups in total. The van der Waals surface area contributed by atoms with Crippen molar-refractivity contribution >= 4 is 29.1 Å². The predicted molar refractivity (Wildman–Crippen MR) is 108 cm³/mol. The highest BCUT2D eigenvalue weighted by atomic mass is 35.5. The van der Waals surface area contributed by atoms with Crippen LogP contribution in [-0.4, -0.2) is 58.7 Å². The average Bonchev–Trinajstić information content (AvgIpc) is 3.15. The number of aryl methyl sites for hydroxylation is 1. The topological polar surface area (TPSA) is 63.0 Å². The lowest BCUT2D eigenvalue weighted by molar-refractivity contribution is -0.131. The minimum absolute atomic E-state index is 0.166. The number of ether oxygens (including phenoxy) is 1. The summed E-state index contributed by atoms with van der Waals surface area (Å²) in [6.45, 7) is 2.77. The summed E-state index contributed by atoms with van der Waals surface area (Å²) < 4.78 is 7.26. The van der Waals surface area contributed by atoms with E-state index < -0.39 is 0 Å². The molecule has 146 valence electrons. The number of nitrogens with zero attached hydrogens (tertiary/aromatic N) is 5. The van der Waals surface area contributed by atoms with Crippen LogP contribution in [-0.2, 0) is 11.2 Å². The second kappa shape index (κ2) is 8.06. The van der Waals surface area contributed by atoms with Crippen LogP contribution in [0.4, 0.5) is 5.95 Å². The molecular formula is C20H22ClN5O2. The van der Waals surface area contributed by atoms with Crippen molar-refractivity contribution in [3.05, 3.63) is 53.2 Å². The fourth-order valence-electron chi connectivity index (χ4n) is 3.53. The van der Waals surface area contributed by atoms with Gasteiger partial charge in [0.25, 0.3) is 0 Å². The summed E-state index contributed by atoms with van der Waals surface area (Å²) in [5.41, 5.74) is 1.82. The van der Waals surface area contributed by atoms with E-state index in [2.05, 4.69) is 15.1 Å². The first-order chi connectivity index (χ1) is 13.7. The van der Waals surface area contributed by atoms with Crippen molar-refractivity contribution in [2.75, 3.05) is 38.2 Å². The predicted octanol–water partition coefficient (Wildman–Crippen LogP) is 2.67. The number of pyridine rings is 1. The zero-order valence-electron chi connectivity index (χ0n) is 15.7. The Morgan fingerprint density at radius 2 is 1.89 bits per heavy atom. The number of benzene rings is 1. The van der Waals surface area contributed by atoms with Gasteiger partial charge in [-0.05, 0) is 30.2 Å². The third-order valence-electron chi connectivity index (χ3n) is 5.06. The molecule has 0 saturated carbocycles. The van der Waals surface area contributed by atoms with Gasteiger partial charge in [-0.1, -0.05) is 29.8 Å². The van der Waals surface area contributed by atoms with Gasteiger partial charge in [-0.3, -0.25) is 9.20 Å². The van der Waals surface area contributed by atoms with Gasteiger partial charge in [0.1, 0.15) is 5.75 Å². The standard InChI is InChI=1S/C20H22ClN5O2/c1-28-17-5-3-2-4-15(17)6-9-19(27)24-10-12-25(13-11-24)20-23-22-18-8-7-16(21)14-26(18)20/h2-5,7-8,14H,6,9-13H2,1H3. The van der Waals surface area contributed by atoms with Gasteiger partial charge >= 0.3 is 0 Å². The maximum atomic E-state index is 12.6. The molecular weight excluding hydrogens is 378 g/mol. The van der Waals surface area contributed by atoms with Crippen LogP contribution < -0.4 is 9.64 Å². The number of aromatic nitrogens is 3. The monoisotopic (exact) mass is 399 g/mol. The van der Waals surface area contributed by atoms with Gasteiger partial charge in [-0.25, -0.2) is 0 Å². The van der Waals surface area contributed by atoms with Crippen LogP contribution >= 0.6 is 11.6 Å². The molecule has 8 heteroatoms. The summed E-state index contributed by atoms with van der Waals surface area (Å²) in [6.07, 6.45) is 2.97. The van der Waals surface area contributed by atoms with Crippen molar-refractivity contribution in [3.63, 3.8) is 0 Å². The molecule has 1 amide bonds. The molecule has 3 aromatic rings. The van der Waals surface area contributed by atoms with Crippen molar-refractivity contribution in [2.24, 2.45) is 0 Å². The lowest BCUT2D eigenvalue weighted by Gasteiger charge is -2.34. The lowest BCUT2D eigenvalue weighted by Crippen LogP contribution is -2.49. The molecule has 2 aromatic heterocycles. The molecule has 0 spiro atoms. The Labute approximate surface area is 168 Å². The number of anilines is 1. The Morgan fingerprint density at radius 1 is 1.11 bits per heavy atom. The van der Waals surface area contributed by atoms with Crippen molar-refractivity contribution in [1.29, 1.82) is 0 Å². The summed E-state index contributed by atoms with van der Waals surface area (Å²) in [5, 5.41) is 9.11. The molecule has 4 rings (SSSR count). The zero-order chi connectivity index (χ0) is 19.5. The number of carbonyl (C=O) groups is 1. The molecule has 28 heavy (non-hydrogen) atoms. The first-order valence-corrected chi connectivity index (χ1v) is 9.68. The summed E-state index contributed by atoms with van der Waals surface area (Å²) in [5.74, 6) is 1.76. The SMILES string of the molecule is COc1ccccc1CCC(=O)N1CCN(c2nnc3ccc(Cl)cn23)CC1. The summed E-state index contributed by atoms with van der Waals surface area (Å²) >= 11 is 6.10. The van der Waals surface area contributed by atoms with Crippen LogP contribution in [0.25, 0.3) is 5.65 Å². The third-order valence-corrected chi connectivity index (χ3v) is 5.29. The van der Waals surface area contributed by atoms with E-state index in [1.54, 1.807) is 13.2 Å². The van der Waals surface area contributed by atoms with E-state index in [-0.39, 0.29) is 5.91 Å². The second-order valence-corrected chi connectivity index (χ2v) is 7.19. The van der Waals surface area contributed by atoms with E-state index in [0.717, 1.165) is 22.9 Å². The first kappa shape index (κ1) is 18.6. The number of halogens is 1. The van der Waals surface area contributed by atoms with Gasteiger partial charge in [-0.2, -0.15) is 0 Å². The number of carbonyl (C=O) groups excluding carboxylic acids is 1. The number of fused-ring (bicyclic) bond motifs is 1. The summed E-state index contributed by atoms with van der Waals surface area (Å²) in [6, 6.07) is 11.5. The lowest BCUT2D eigenvalue weighted by atomic mass is 10.1. The average molecular weight is 400 g/mol. The molecule has 7 nitrogen and oxygen atoms in total. The van der Waals surface area contributed by atoms with Crippen LogP contribution in [0.1, 0.15) is 12.0 Å². The van der Waals surface area contributed by atoms with Gasteiger partial charge in [0.2, 0.25) is 11.9 Å². The summed E-state index contributed by atoms with van der Waals surface area (Å²) in [7, 11) is 1.65. The van der Waals surface area contributed by atoms with Crippen LogP contribution in [0.15, 0.2) is 42.6 Å². The number of hydrogen-bond acceptors (Lipinski definition) is 5. The van der Waals surface area contributed by atoms with Crippen molar-refractivity contribution in [3.8, 4) is 5.75 Å². The smallest absolute Gasteiger partial charge is 0.231 e. The molecule has 1 fully saturated rings. The van der Waals surface area contributed by atoms with Crippen LogP contribution in [0.2, 0.25) is 5.02 Å². The first-order valence-electron chi connectivity index (χ1n) is 9.30. The molecule has 0 bridgehead atoms. The van der Waals surface area contributed by atoms with Gasteiger partial charge < -0.3 is 14.5 Å². The number of hydrogen-bond donors (Lipinski definition) is 0. The number of piperazine rings is 1. The Balaban J connectivity index is 1.35. The van der Waals surface area contributed by atoms with Crippen molar-refractivity contribution in [1.82, 2.24) is 19.5 Å². The Hall–Kier alpha value is -2.80.